The van der Waals surface area contributed by atoms with E-state index in [9.17, 15) is 48.3 Å². The summed E-state index contributed by atoms with van der Waals surface area (Å²) in [5, 5.41) is 0. The first-order chi connectivity index (χ1) is 19.7. The SMILES string of the molecule is O=C1COCCN1c1cc(C(F)(F)F)ccc1C1CCOc2cc(S(=O)(=O)Oc3c(F)c(F)c(F)c(F)c3F)ccc21. The molecule has 0 aliphatic carbocycles. The average Bonchev–Trinajstić information content (AvgIpc) is 2.96. The van der Waals surface area contributed by atoms with Gasteiger partial charge in [0.15, 0.2) is 0 Å². The van der Waals surface area contributed by atoms with Crippen LogP contribution in [-0.4, -0.2) is 40.7 Å². The van der Waals surface area contributed by atoms with Gasteiger partial charge in [-0.05, 0) is 30.2 Å². The van der Waals surface area contributed by atoms with E-state index in [1.54, 1.807) is 0 Å². The molecule has 1 atom stereocenters. The minimum atomic E-state index is -5.18. The molecule has 1 saturated heterocycles. The van der Waals surface area contributed by atoms with Gasteiger partial charge in [-0.2, -0.15) is 30.4 Å². The van der Waals surface area contributed by atoms with Crippen LogP contribution in [0.3, 0.4) is 0 Å². The van der Waals surface area contributed by atoms with E-state index in [1.165, 1.54) is 17.0 Å². The van der Waals surface area contributed by atoms with Crippen LogP contribution in [0.15, 0.2) is 41.3 Å². The zero-order chi connectivity index (χ0) is 30.6. The van der Waals surface area contributed by atoms with Crippen molar-refractivity contribution in [3.05, 3.63) is 82.2 Å². The molecule has 0 bridgehead atoms. The van der Waals surface area contributed by atoms with E-state index >= 15 is 0 Å². The molecule has 42 heavy (non-hydrogen) atoms. The number of hydrogen-bond acceptors (Lipinski definition) is 6. The summed E-state index contributed by atoms with van der Waals surface area (Å²) in [5.74, 6) is -15.8. The Morgan fingerprint density at radius 1 is 0.857 bits per heavy atom. The van der Waals surface area contributed by atoms with Crippen molar-refractivity contribution in [2.45, 2.75) is 23.4 Å². The fourth-order valence-corrected chi connectivity index (χ4v) is 5.63. The van der Waals surface area contributed by atoms with Gasteiger partial charge in [0.25, 0.3) is 5.91 Å². The summed E-state index contributed by atoms with van der Waals surface area (Å²) in [5.41, 5.74) is -0.434. The molecule has 0 aromatic heterocycles. The number of fused-ring (bicyclic) bond motifs is 1. The monoisotopic (exact) mass is 623 g/mol. The fraction of sp³-hybridized carbons (Fsp3) is 0.269. The Balaban J connectivity index is 1.54. The van der Waals surface area contributed by atoms with Crippen molar-refractivity contribution in [1.82, 2.24) is 0 Å². The second-order valence-corrected chi connectivity index (χ2v) is 10.7. The third kappa shape index (κ3) is 5.24. The molecule has 5 rings (SSSR count). The predicted molar refractivity (Wildman–Crippen MR) is 127 cm³/mol. The van der Waals surface area contributed by atoms with Crippen LogP contribution in [0.4, 0.5) is 40.8 Å². The van der Waals surface area contributed by atoms with Gasteiger partial charge < -0.3 is 18.6 Å². The molecule has 224 valence electrons. The van der Waals surface area contributed by atoms with Crippen molar-refractivity contribution in [3.63, 3.8) is 0 Å². The van der Waals surface area contributed by atoms with Crippen LogP contribution in [0.2, 0.25) is 0 Å². The average molecular weight is 623 g/mol. The molecule has 2 aliphatic heterocycles. The molecule has 0 saturated carbocycles. The summed E-state index contributed by atoms with van der Waals surface area (Å²) in [7, 11) is -5.18. The van der Waals surface area contributed by atoms with Crippen LogP contribution in [0, 0.1) is 29.1 Å². The number of alkyl halides is 3. The Morgan fingerprint density at radius 2 is 1.50 bits per heavy atom. The Bertz CT molecular complexity index is 1670. The Hall–Kier alpha value is -3.92. The van der Waals surface area contributed by atoms with Gasteiger partial charge in [-0.25, -0.2) is 13.2 Å². The number of carbonyl (C=O) groups is 1. The molecule has 1 unspecified atom stereocenters. The van der Waals surface area contributed by atoms with Gasteiger partial charge in [-0.1, -0.05) is 12.1 Å². The minimum Gasteiger partial charge on any atom is -0.493 e. The second-order valence-electron chi connectivity index (χ2n) is 9.20. The second kappa shape index (κ2) is 10.7. The number of benzene rings is 3. The molecule has 1 fully saturated rings. The number of ether oxygens (including phenoxy) is 2. The number of morpholine rings is 1. The van der Waals surface area contributed by atoms with Crippen LogP contribution in [0.1, 0.15) is 29.0 Å². The highest BCUT2D eigenvalue weighted by Crippen LogP contribution is 2.45. The maximum Gasteiger partial charge on any atom is 0.416 e. The summed E-state index contributed by atoms with van der Waals surface area (Å²) in [4.78, 5) is 12.9. The van der Waals surface area contributed by atoms with E-state index in [1.807, 2.05) is 0 Å². The maximum atomic E-state index is 14.0. The molecule has 7 nitrogen and oxygen atoms in total. The lowest BCUT2D eigenvalue weighted by Crippen LogP contribution is -2.42. The molecule has 3 aromatic rings. The number of carbonyl (C=O) groups excluding carboxylic acids is 1. The Kier molecular flexibility index (Phi) is 7.55. The number of halogens is 8. The van der Waals surface area contributed by atoms with Crippen LogP contribution in [-0.2, 0) is 25.8 Å². The summed E-state index contributed by atoms with van der Waals surface area (Å²) < 4.78 is 150. The molecule has 2 heterocycles. The van der Waals surface area contributed by atoms with Crippen molar-refractivity contribution < 1.29 is 62.0 Å². The molecular formula is C26H17F8NO6S. The molecule has 3 aromatic carbocycles. The summed E-state index contributed by atoms with van der Waals surface area (Å²) in [6, 6.07) is 5.88. The van der Waals surface area contributed by atoms with Gasteiger partial charge in [0.1, 0.15) is 17.3 Å². The minimum absolute atomic E-state index is 0.0184. The fourth-order valence-electron chi connectivity index (χ4n) is 4.69. The van der Waals surface area contributed by atoms with Gasteiger partial charge >= 0.3 is 16.3 Å². The normalized spacial score (nSPS) is 17.6. The van der Waals surface area contributed by atoms with Crippen molar-refractivity contribution in [3.8, 4) is 11.5 Å². The van der Waals surface area contributed by atoms with Crippen LogP contribution >= 0.6 is 0 Å². The molecule has 1 amide bonds. The van der Waals surface area contributed by atoms with E-state index in [0.29, 0.717) is 5.56 Å². The number of rotatable bonds is 5. The van der Waals surface area contributed by atoms with E-state index < -0.39 is 73.4 Å². The third-order valence-corrected chi connectivity index (χ3v) is 7.90. The maximum absolute atomic E-state index is 14.0. The van der Waals surface area contributed by atoms with Crippen molar-refractivity contribution >= 4 is 21.7 Å². The smallest absolute Gasteiger partial charge is 0.416 e. The predicted octanol–water partition coefficient (Wildman–Crippen LogP) is 5.45. The first-order valence-corrected chi connectivity index (χ1v) is 13.4. The van der Waals surface area contributed by atoms with Crippen molar-refractivity contribution in [2.24, 2.45) is 0 Å². The highest BCUT2D eigenvalue weighted by Gasteiger charge is 2.36. The number of nitrogens with zero attached hydrogens (tertiary/aromatic N) is 1. The van der Waals surface area contributed by atoms with E-state index in [0.717, 1.165) is 24.3 Å². The highest BCUT2D eigenvalue weighted by molar-refractivity contribution is 7.87. The summed E-state index contributed by atoms with van der Waals surface area (Å²) >= 11 is 0. The zero-order valence-electron chi connectivity index (χ0n) is 20.9. The number of anilines is 1. The summed E-state index contributed by atoms with van der Waals surface area (Å²) in [6.45, 7) is -0.340. The zero-order valence-corrected chi connectivity index (χ0v) is 21.7. The number of hydrogen-bond donors (Lipinski definition) is 0. The molecule has 2 aliphatic rings. The first-order valence-electron chi connectivity index (χ1n) is 12.0. The molecule has 16 heteroatoms. The van der Waals surface area contributed by atoms with Crippen LogP contribution in [0.25, 0.3) is 0 Å². The van der Waals surface area contributed by atoms with Gasteiger partial charge in [-0.3, -0.25) is 4.79 Å². The van der Waals surface area contributed by atoms with Crippen LogP contribution < -0.4 is 13.8 Å². The van der Waals surface area contributed by atoms with Gasteiger partial charge in [0.2, 0.25) is 34.8 Å². The lowest BCUT2D eigenvalue weighted by atomic mass is 9.85. The standard InChI is InChI=1S/C26H17F8NO6S/c27-20-21(28)23(30)25(24(31)22(20)29)41-42(37,38)13-2-4-16-14(5-7-40-18(16)10-13)15-3-1-12(26(32,33)34)9-17(15)35-6-8-39-11-19(35)36/h1-4,9-10,14H,5-8,11H2. The first kappa shape index (κ1) is 29.6. The van der Waals surface area contributed by atoms with E-state index in [4.69, 9.17) is 9.47 Å². The van der Waals surface area contributed by atoms with Gasteiger partial charge in [0, 0.05) is 29.8 Å². The molecule has 0 spiro atoms. The quantitative estimate of drug-likeness (QED) is 0.163. The van der Waals surface area contributed by atoms with Gasteiger partial charge in [-0.15, -0.1) is 0 Å². The Morgan fingerprint density at radius 3 is 2.14 bits per heavy atom. The van der Waals surface area contributed by atoms with Crippen molar-refractivity contribution in [1.29, 1.82) is 0 Å². The molecular weight excluding hydrogens is 606 g/mol. The lowest BCUT2D eigenvalue weighted by molar-refractivity contribution is -0.137. The topological polar surface area (TPSA) is 82.1 Å². The molecule has 0 radical (unpaired) electrons. The molecule has 0 N–H and O–H groups in total. The largest absolute Gasteiger partial charge is 0.493 e. The summed E-state index contributed by atoms with van der Waals surface area (Å²) in [6.07, 6.45) is -4.51. The van der Waals surface area contributed by atoms with E-state index in [-0.39, 0.29) is 49.8 Å². The van der Waals surface area contributed by atoms with Gasteiger partial charge in [0.05, 0.1) is 18.8 Å². The number of amides is 1. The lowest BCUT2D eigenvalue weighted by Gasteiger charge is -2.33. The van der Waals surface area contributed by atoms with E-state index in [2.05, 4.69) is 4.18 Å². The highest BCUT2D eigenvalue weighted by atomic mass is 32.2. The van der Waals surface area contributed by atoms with Crippen LogP contribution in [0.5, 0.6) is 11.5 Å². The van der Waals surface area contributed by atoms with Crippen molar-refractivity contribution in [2.75, 3.05) is 31.3 Å². The third-order valence-electron chi connectivity index (χ3n) is 6.69. The Labute approximate surface area is 232 Å².